The average Bonchev–Trinajstić information content (AvgIpc) is 3.46. The molecule has 0 aliphatic heterocycles. The van der Waals surface area contributed by atoms with Crippen LogP contribution in [0.5, 0.6) is 0 Å². The van der Waals surface area contributed by atoms with Crippen LogP contribution in [0.3, 0.4) is 0 Å². The Balaban J connectivity index is 4.32. The molecule has 0 aromatic carbocycles. The van der Waals surface area contributed by atoms with Gasteiger partial charge in [0.2, 0.25) is 0 Å². The second kappa shape index (κ2) is 67.6. The Morgan fingerprint density at radius 3 is 0.787 bits per heavy atom. The molecule has 0 saturated carbocycles. The van der Waals surface area contributed by atoms with E-state index in [2.05, 4.69) is 130 Å². The summed E-state index contributed by atoms with van der Waals surface area (Å²) in [4.78, 5) is 38.4. The number of unbranched alkanes of at least 4 members (excludes halogenated alkanes) is 32. The van der Waals surface area contributed by atoms with Gasteiger partial charge in [0.1, 0.15) is 13.2 Å². The van der Waals surface area contributed by atoms with Crippen molar-refractivity contribution in [1.82, 2.24) is 0 Å². The molecule has 0 aromatic rings. The maximum absolute atomic E-state index is 12.9. The van der Waals surface area contributed by atoms with Gasteiger partial charge < -0.3 is 14.2 Å². The zero-order chi connectivity index (χ0) is 57.8. The van der Waals surface area contributed by atoms with Crippen LogP contribution in [0.2, 0.25) is 0 Å². The van der Waals surface area contributed by atoms with E-state index in [9.17, 15) is 14.4 Å². The van der Waals surface area contributed by atoms with Crippen LogP contribution in [0.1, 0.15) is 323 Å². The first-order valence-corrected chi connectivity index (χ1v) is 33.9. The lowest BCUT2D eigenvalue weighted by atomic mass is 10.0. The van der Waals surface area contributed by atoms with Gasteiger partial charge in [0, 0.05) is 19.3 Å². The molecule has 0 bridgehead atoms. The molecule has 458 valence electrons. The maximum atomic E-state index is 12.9. The Bertz CT molecular complexity index is 1610. The molecular formula is C74H126O6. The van der Waals surface area contributed by atoms with Crippen LogP contribution in [0.4, 0.5) is 0 Å². The smallest absolute Gasteiger partial charge is 0.306 e. The second-order valence-electron chi connectivity index (χ2n) is 22.3. The highest BCUT2D eigenvalue weighted by Gasteiger charge is 2.19. The fraction of sp³-hybridized carbons (Fsp3) is 0.716. The number of allylic oxidation sites excluding steroid dienone is 18. The number of ether oxygens (including phenoxy) is 3. The predicted molar refractivity (Wildman–Crippen MR) is 348 cm³/mol. The van der Waals surface area contributed by atoms with E-state index in [0.717, 1.165) is 116 Å². The van der Waals surface area contributed by atoms with E-state index in [1.807, 2.05) is 0 Å². The second-order valence-corrected chi connectivity index (χ2v) is 22.3. The highest BCUT2D eigenvalue weighted by atomic mass is 16.6. The molecule has 1 unspecified atom stereocenters. The molecule has 0 aliphatic rings. The summed E-state index contributed by atoms with van der Waals surface area (Å²) in [7, 11) is 0. The van der Waals surface area contributed by atoms with Gasteiger partial charge in [0.15, 0.2) is 6.10 Å². The average molecular weight is 1110 g/mol. The summed E-state index contributed by atoms with van der Waals surface area (Å²) >= 11 is 0. The van der Waals surface area contributed by atoms with Crippen molar-refractivity contribution in [2.75, 3.05) is 13.2 Å². The molecule has 0 N–H and O–H groups in total. The van der Waals surface area contributed by atoms with Gasteiger partial charge in [0.25, 0.3) is 0 Å². The topological polar surface area (TPSA) is 78.9 Å². The highest BCUT2D eigenvalue weighted by molar-refractivity contribution is 5.71. The van der Waals surface area contributed by atoms with Crippen LogP contribution in [0.15, 0.2) is 109 Å². The van der Waals surface area contributed by atoms with Crippen molar-refractivity contribution in [3.63, 3.8) is 0 Å². The van der Waals surface area contributed by atoms with Crippen molar-refractivity contribution in [1.29, 1.82) is 0 Å². The summed E-state index contributed by atoms with van der Waals surface area (Å²) in [5, 5.41) is 0. The van der Waals surface area contributed by atoms with Gasteiger partial charge in [-0.2, -0.15) is 0 Å². The van der Waals surface area contributed by atoms with Crippen LogP contribution in [-0.4, -0.2) is 37.2 Å². The predicted octanol–water partition coefficient (Wildman–Crippen LogP) is 23.4. The lowest BCUT2D eigenvalue weighted by Gasteiger charge is -2.18. The third-order valence-corrected chi connectivity index (χ3v) is 14.5. The number of hydrogen-bond acceptors (Lipinski definition) is 6. The molecule has 0 radical (unpaired) electrons. The van der Waals surface area contributed by atoms with E-state index < -0.39 is 6.10 Å². The fourth-order valence-electron chi connectivity index (χ4n) is 9.41. The van der Waals surface area contributed by atoms with Crippen molar-refractivity contribution in [3.05, 3.63) is 109 Å². The standard InChI is InChI=1S/C74H126O6/c1-4-7-10-13-16-19-22-25-28-30-32-33-34-35-36-37-38-39-40-41-43-44-46-49-52-55-58-61-64-67-73(76)79-70-71(69-78-72(75)66-63-60-57-54-51-48-27-24-21-18-15-12-9-6-3)80-74(77)68-65-62-59-56-53-50-47-45-42-31-29-26-23-20-17-14-11-8-5-2/h8,11,17,20,22,24-27,29-30,32,34-35,42,45,50,53,71H,4-7,9-10,12-16,18-19,21,23,28,31,33,36-41,43-44,46-49,51-52,54-70H2,1-3H3/b11-8-,20-17-,25-22-,27-24-,29-26-,32-30-,35-34-,45-42-,53-50-. The zero-order valence-corrected chi connectivity index (χ0v) is 52.6. The molecule has 6 heteroatoms. The molecular weight excluding hydrogens is 985 g/mol. The third kappa shape index (κ3) is 64.9. The maximum Gasteiger partial charge on any atom is 0.306 e. The highest BCUT2D eigenvalue weighted by Crippen LogP contribution is 2.16. The number of esters is 3. The summed E-state index contributed by atoms with van der Waals surface area (Å²) in [6.45, 7) is 6.50. The van der Waals surface area contributed by atoms with E-state index in [-0.39, 0.29) is 37.5 Å². The first-order chi connectivity index (χ1) is 39.5. The number of rotatable bonds is 61. The van der Waals surface area contributed by atoms with Crippen LogP contribution in [0, 0.1) is 0 Å². The Kier molecular flexibility index (Phi) is 64.3. The zero-order valence-electron chi connectivity index (χ0n) is 52.6. The molecule has 1 atom stereocenters. The molecule has 0 rings (SSSR count). The summed E-state index contributed by atoms with van der Waals surface area (Å²) in [5.74, 6) is -0.927. The first kappa shape index (κ1) is 76.1. The largest absolute Gasteiger partial charge is 0.462 e. The van der Waals surface area contributed by atoms with Crippen LogP contribution in [0.25, 0.3) is 0 Å². The van der Waals surface area contributed by atoms with E-state index in [0.29, 0.717) is 12.8 Å². The van der Waals surface area contributed by atoms with Gasteiger partial charge in [-0.25, -0.2) is 0 Å². The number of carbonyl (C=O) groups excluding carboxylic acids is 3. The number of carbonyl (C=O) groups is 3. The van der Waals surface area contributed by atoms with Crippen molar-refractivity contribution >= 4 is 17.9 Å². The summed E-state index contributed by atoms with van der Waals surface area (Å²) in [6, 6.07) is 0. The SMILES string of the molecule is CC/C=C\C/C=C\C/C=C\C/C=C\C/C=C\CCCCCC(=O)OC(COC(=O)CCCCCCC/C=C\CCCCCCC)COC(=O)CCCCCCCCCCCCCCCC/C=C\C/C=C\C/C=C\CCCCCCC. The summed E-state index contributed by atoms with van der Waals surface area (Å²) in [5.41, 5.74) is 0. The molecule has 0 aliphatic carbocycles. The van der Waals surface area contributed by atoms with Gasteiger partial charge in [0.05, 0.1) is 0 Å². The Morgan fingerprint density at radius 1 is 0.263 bits per heavy atom. The van der Waals surface area contributed by atoms with Gasteiger partial charge in [-0.3, -0.25) is 14.4 Å². The van der Waals surface area contributed by atoms with Crippen molar-refractivity contribution in [2.45, 2.75) is 329 Å². The lowest BCUT2D eigenvalue weighted by molar-refractivity contribution is -0.167. The van der Waals surface area contributed by atoms with Crippen LogP contribution < -0.4 is 0 Å². The normalized spacial score (nSPS) is 12.8. The Hall–Kier alpha value is -3.93. The molecule has 0 saturated heterocycles. The Morgan fingerprint density at radius 2 is 0.487 bits per heavy atom. The minimum absolute atomic E-state index is 0.0941. The lowest BCUT2D eigenvalue weighted by Crippen LogP contribution is -2.30. The van der Waals surface area contributed by atoms with E-state index in [1.165, 1.54) is 167 Å². The molecule has 0 spiro atoms. The molecule has 6 nitrogen and oxygen atoms in total. The fourth-order valence-corrected chi connectivity index (χ4v) is 9.41. The third-order valence-electron chi connectivity index (χ3n) is 14.5. The monoisotopic (exact) mass is 1110 g/mol. The van der Waals surface area contributed by atoms with Gasteiger partial charge in [-0.05, 0) is 128 Å². The van der Waals surface area contributed by atoms with E-state index >= 15 is 0 Å². The minimum Gasteiger partial charge on any atom is -0.462 e. The van der Waals surface area contributed by atoms with Crippen molar-refractivity contribution in [3.8, 4) is 0 Å². The quantitative estimate of drug-likeness (QED) is 0.0261. The van der Waals surface area contributed by atoms with Gasteiger partial charge in [-0.15, -0.1) is 0 Å². The number of hydrogen-bond donors (Lipinski definition) is 0. The molecule has 0 amide bonds. The molecule has 80 heavy (non-hydrogen) atoms. The minimum atomic E-state index is -0.802. The molecule has 0 aromatic heterocycles. The summed E-state index contributed by atoms with van der Waals surface area (Å²) in [6.07, 6.45) is 92.5. The molecule has 0 heterocycles. The van der Waals surface area contributed by atoms with E-state index in [1.54, 1.807) is 0 Å². The van der Waals surface area contributed by atoms with Crippen molar-refractivity contribution in [2.24, 2.45) is 0 Å². The summed E-state index contributed by atoms with van der Waals surface area (Å²) < 4.78 is 16.9. The Labute approximate surface area is 495 Å². The first-order valence-electron chi connectivity index (χ1n) is 33.9. The van der Waals surface area contributed by atoms with Crippen molar-refractivity contribution < 1.29 is 28.6 Å². The van der Waals surface area contributed by atoms with Crippen LogP contribution >= 0.6 is 0 Å². The van der Waals surface area contributed by atoms with E-state index in [4.69, 9.17) is 14.2 Å². The van der Waals surface area contributed by atoms with Gasteiger partial charge in [-0.1, -0.05) is 284 Å². The van der Waals surface area contributed by atoms with Crippen LogP contribution in [-0.2, 0) is 28.6 Å². The molecule has 0 fully saturated rings. The van der Waals surface area contributed by atoms with Gasteiger partial charge >= 0.3 is 17.9 Å².